The monoisotopic (exact) mass is 457 g/mol. The lowest BCUT2D eigenvalue weighted by Crippen LogP contribution is -2.49. The second-order valence-corrected chi connectivity index (χ2v) is 8.95. The summed E-state index contributed by atoms with van der Waals surface area (Å²) >= 11 is 6.26. The standard InChI is InChI=1S/C21H23ClF3N3O3/c1-29-19(21(23,24)25)6-4-13(5-7-19)18-27-26-17-12-20(30-8-9-31-20)11-14-10-15(22)2-3-16(14)28(17)18/h2-3,10,13H,4-9,11-12H2,1H3. The van der Waals surface area contributed by atoms with Crippen molar-refractivity contribution in [3.8, 4) is 5.69 Å². The first kappa shape index (κ1) is 21.2. The zero-order chi connectivity index (χ0) is 21.9. The molecule has 0 atom stereocenters. The number of hydrogen-bond acceptors (Lipinski definition) is 5. The number of fused-ring (bicyclic) bond motifs is 3. The van der Waals surface area contributed by atoms with Gasteiger partial charge in [0, 0.05) is 24.5 Å². The molecule has 31 heavy (non-hydrogen) atoms. The lowest BCUT2D eigenvalue weighted by atomic mass is 9.77. The largest absolute Gasteiger partial charge is 0.417 e. The van der Waals surface area contributed by atoms with Crippen molar-refractivity contribution < 1.29 is 27.4 Å². The average Bonchev–Trinajstić information content (AvgIpc) is 3.32. The first-order chi connectivity index (χ1) is 14.8. The highest BCUT2D eigenvalue weighted by Gasteiger charge is 2.57. The van der Waals surface area contributed by atoms with Gasteiger partial charge >= 0.3 is 6.18 Å². The first-order valence-corrected chi connectivity index (χ1v) is 10.8. The maximum Gasteiger partial charge on any atom is 0.417 e. The Balaban J connectivity index is 1.52. The molecule has 0 bridgehead atoms. The van der Waals surface area contributed by atoms with E-state index < -0.39 is 17.6 Å². The predicted octanol–water partition coefficient (Wildman–Crippen LogP) is 4.37. The number of methoxy groups -OCH3 is 1. The van der Waals surface area contributed by atoms with Crippen LogP contribution in [0.3, 0.4) is 0 Å². The van der Waals surface area contributed by atoms with Gasteiger partial charge < -0.3 is 14.2 Å². The van der Waals surface area contributed by atoms with Gasteiger partial charge in [-0.1, -0.05) is 11.6 Å². The van der Waals surface area contributed by atoms with E-state index in [0.29, 0.717) is 55.6 Å². The number of aromatic nitrogens is 3. The van der Waals surface area contributed by atoms with Crippen LogP contribution in [0.4, 0.5) is 13.2 Å². The van der Waals surface area contributed by atoms with Crippen molar-refractivity contribution in [3.05, 3.63) is 40.4 Å². The van der Waals surface area contributed by atoms with E-state index in [1.165, 1.54) is 0 Å². The summed E-state index contributed by atoms with van der Waals surface area (Å²) in [4.78, 5) is 0. The van der Waals surface area contributed by atoms with Crippen LogP contribution in [0.25, 0.3) is 5.69 Å². The molecule has 0 radical (unpaired) electrons. The topological polar surface area (TPSA) is 58.4 Å². The second-order valence-electron chi connectivity index (χ2n) is 8.51. The lowest BCUT2D eigenvalue weighted by Gasteiger charge is -2.40. The Hall–Kier alpha value is -1.68. The van der Waals surface area contributed by atoms with Crippen LogP contribution in [0, 0.1) is 0 Å². The van der Waals surface area contributed by atoms with Gasteiger partial charge in [-0.2, -0.15) is 13.2 Å². The van der Waals surface area contributed by atoms with Gasteiger partial charge in [-0.05, 0) is 49.4 Å². The van der Waals surface area contributed by atoms with E-state index in [1.54, 1.807) is 6.07 Å². The van der Waals surface area contributed by atoms with Crippen LogP contribution < -0.4 is 0 Å². The number of rotatable bonds is 2. The van der Waals surface area contributed by atoms with Crippen LogP contribution in [0.1, 0.15) is 48.8 Å². The number of halogens is 4. The van der Waals surface area contributed by atoms with Crippen molar-refractivity contribution in [2.24, 2.45) is 0 Å². The number of ether oxygens (including phenoxy) is 3. The fourth-order valence-corrected chi connectivity index (χ4v) is 5.32. The quantitative estimate of drug-likeness (QED) is 0.670. The first-order valence-electron chi connectivity index (χ1n) is 10.4. The molecule has 1 saturated heterocycles. The molecule has 2 aliphatic heterocycles. The van der Waals surface area contributed by atoms with Crippen molar-refractivity contribution in [1.82, 2.24) is 14.8 Å². The Labute approximate surface area is 182 Å². The molecule has 2 aromatic rings. The molecule has 1 aromatic carbocycles. The van der Waals surface area contributed by atoms with Crippen LogP contribution in [-0.2, 0) is 27.1 Å². The Bertz CT molecular complexity index is 980. The van der Waals surface area contributed by atoms with E-state index >= 15 is 0 Å². The summed E-state index contributed by atoms with van der Waals surface area (Å²) in [5.41, 5.74) is -0.284. The Morgan fingerprint density at radius 3 is 2.48 bits per heavy atom. The van der Waals surface area contributed by atoms with E-state index in [-0.39, 0.29) is 18.8 Å². The van der Waals surface area contributed by atoms with E-state index in [1.807, 2.05) is 16.7 Å². The second kappa shape index (κ2) is 7.43. The molecule has 3 aliphatic rings. The maximum atomic E-state index is 13.6. The Morgan fingerprint density at radius 2 is 1.84 bits per heavy atom. The minimum atomic E-state index is -4.40. The molecular weight excluding hydrogens is 435 g/mol. The van der Waals surface area contributed by atoms with E-state index in [2.05, 4.69) is 10.2 Å². The fraction of sp³-hybridized carbons (Fsp3) is 0.619. The molecule has 2 fully saturated rings. The van der Waals surface area contributed by atoms with Crippen LogP contribution in [-0.4, -0.2) is 52.7 Å². The van der Waals surface area contributed by atoms with Crippen molar-refractivity contribution in [2.45, 2.75) is 62.0 Å². The summed E-state index contributed by atoms with van der Waals surface area (Å²) < 4.78 is 59.6. The highest BCUT2D eigenvalue weighted by molar-refractivity contribution is 6.30. The zero-order valence-corrected chi connectivity index (χ0v) is 17.8. The molecule has 1 aliphatic carbocycles. The summed E-state index contributed by atoms with van der Waals surface area (Å²) in [6.45, 7) is 0.992. The minimum absolute atomic E-state index is 0.108. The van der Waals surface area contributed by atoms with Crippen LogP contribution >= 0.6 is 11.6 Å². The van der Waals surface area contributed by atoms with Crippen molar-refractivity contribution in [3.63, 3.8) is 0 Å². The molecule has 1 saturated carbocycles. The van der Waals surface area contributed by atoms with Crippen molar-refractivity contribution in [1.29, 1.82) is 0 Å². The summed E-state index contributed by atoms with van der Waals surface area (Å²) in [5.74, 6) is 0.360. The van der Waals surface area contributed by atoms with Gasteiger partial charge in [0.25, 0.3) is 0 Å². The smallest absolute Gasteiger partial charge is 0.369 e. The van der Waals surface area contributed by atoms with E-state index in [4.69, 9.17) is 25.8 Å². The van der Waals surface area contributed by atoms with E-state index in [9.17, 15) is 13.2 Å². The number of benzene rings is 1. The minimum Gasteiger partial charge on any atom is -0.369 e. The van der Waals surface area contributed by atoms with Crippen molar-refractivity contribution in [2.75, 3.05) is 20.3 Å². The predicted molar refractivity (Wildman–Crippen MR) is 105 cm³/mol. The molecule has 168 valence electrons. The van der Waals surface area contributed by atoms with Gasteiger partial charge in [0.1, 0.15) is 11.6 Å². The molecule has 3 heterocycles. The van der Waals surface area contributed by atoms with Crippen molar-refractivity contribution >= 4 is 11.6 Å². The molecule has 0 amide bonds. The van der Waals surface area contributed by atoms with E-state index in [0.717, 1.165) is 18.4 Å². The normalized spacial score (nSPS) is 27.7. The van der Waals surface area contributed by atoms with Gasteiger partial charge in [0.05, 0.1) is 25.3 Å². The molecule has 0 N–H and O–H groups in total. The van der Waals surface area contributed by atoms with Gasteiger partial charge in [0.2, 0.25) is 0 Å². The zero-order valence-electron chi connectivity index (χ0n) is 17.0. The van der Waals surface area contributed by atoms with Gasteiger partial charge in [0.15, 0.2) is 11.4 Å². The average molecular weight is 458 g/mol. The number of alkyl halides is 3. The Morgan fingerprint density at radius 1 is 1.13 bits per heavy atom. The third-order valence-corrected chi connectivity index (χ3v) is 7.04. The van der Waals surface area contributed by atoms with Gasteiger partial charge in [-0.15, -0.1) is 10.2 Å². The molecule has 5 rings (SSSR count). The summed E-state index contributed by atoms with van der Waals surface area (Å²) in [7, 11) is 1.14. The summed E-state index contributed by atoms with van der Waals surface area (Å²) in [6, 6.07) is 5.58. The highest BCUT2D eigenvalue weighted by atomic mass is 35.5. The number of nitrogens with zero attached hydrogens (tertiary/aromatic N) is 3. The van der Waals surface area contributed by atoms with Crippen LogP contribution in [0.15, 0.2) is 18.2 Å². The molecule has 0 unspecified atom stereocenters. The highest BCUT2D eigenvalue weighted by Crippen LogP contribution is 2.48. The van der Waals surface area contributed by atoms with Crippen LogP contribution in [0.5, 0.6) is 0 Å². The summed E-state index contributed by atoms with van der Waals surface area (Å²) in [5, 5.41) is 9.42. The maximum absolute atomic E-state index is 13.6. The van der Waals surface area contributed by atoms with Gasteiger partial charge in [-0.25, -0.2) is 0 Å². The SMILES string of the molecule is COC1(C(F)(F)F)CCC(c2nnc3n2-c2ccc(Cl)cc2CC2(C3)OCCO2)CC1. The summed E-state index contributed by atoms with van der Waals surface area (Å²) in [6.07, 6.45) is -3.08. The number of hydrogen-bond donors (Lipinski definition) is 0. The Kier molecular flexibility index (Phi) is 5.08. The molecule has 6 nitrogen and oxygen atoms in total. The van der Waals surface area contributed by atoms with Gasteiger partial charge in [-0.3, -0.25) is 4.57 Å². The third-order valence-electron chi connectivity index (χ3n) is 6.80. The molecule has 1 spiro atoms. The molecule has 10 heteroatoms. The molecule has 1 aromatic heterocycles. The molecular formula is C21H23ClF3N3O3. The van der Waals surface area contributed by atoms with Crippen LogP contribution in [0.2, 0.25) is 5.02 Å². The lowest BCUT2D eigenvalue weighted by molar-refractivity contribution is -0.280. The third kappa shape index (κ3) is 3.46. The fourth-order valence-electron chi connectivity index (χ4n) is 5.13.